The first-order valence-corrected chi connectivity index (χ1v) is 8.87. The number of amides is 1. The van der Waals surface area contributed by atoms with E-state index in [0.717, 1.165) is 48.8 Å². The van der Waals surface area contributed by atoms with Crippen LogP contribution in [0.5, 0.6) is 0 Å². The Kier molecular flexibility index (Phi) is 4.63. The summed E-state index contributed by atoms with van der Waals surface area (Å²) in [6, 6.07) is 6.05. The Labute approximate surface area is 133 Å². The molecule has 1 N–H and O–H groups in total. The van der Waals surface area contributed by atoms with Gasteiger partial charge in [0.2, 0.25) is 0 Å². The second kappa shape index (κ2) is 6.65. The first-order chi connectivity index (χ1) is 10.3. The Hall–Kier alpha value is -1.29. The number of hydrogen-bond acceptors (Lipinski definition) is 1. The number of halogens is 1. The van der Waals surface area contributed by atoms with Crippen LogP contribution in [0, 0.1) is 0 Å². The van der Waals surface area contributed by atoms with E-state index in [1.807, 2.05) is 17.0 Å². The molecule has 0 radical (unpaired) electrons. The topological polar surface area (TPSA) is 36.1 Å². The summed E-state index contributed by atoms with van der Waals surface area (Å²) >= 11 is 3.47. The number of aromatic nitrogens is 1. The lowest BCUT2D eigenvalue weighted by Gasteiger charge is -2.15. The van der Waals surface area contributed by atoms with E-state index < -0.39 is 0 Å². The highest BCUT2D eigenvalue weighted by Crippen LogP contribution is 2.23. The molecule has 0 atom stereocenters. The Bertz CT molecular complexity index is 629. The summed E-state index contributed by atoms with van der Waals surface area (Å²) in [7, 11) is 0. The molecule has 1 aliphatic rings. The lowest BCUT2D eigenvalue weighted by atomic mass is 10.0. The van der Waals surface area contributed by atoms with Crippen molar-refractivity contribution in [3.05, 3.63) is 35.5 Å². The molecule has 2 heterocycles. The number of fused-ring (bicyclic) bond motifs is 1. The SMILES string of the molecule is O=C(c1ccc2[nH]cc(CCCCBr)c2c1)N1CCCC1. The average Bonchev–Trinajstić information content (AvgIpc) is 3.16. The summed E-state index contributed by atoms with van der Waals surface area (Å²) in [4.78, 5) is 17.8. The number of rotatable bonds is 5. The predicted molar refractivity (Wildman–Crippen MR) is 90.2 cm³/mol. The zero-order chi connectivity index (χ0) is 14.7. The Balaban J connectivity index is 1.83. The number of nitrogens with one attached hydrogen (secondary N) is 1. The maximum Gasteiger partial charge on any atom is 0.253 e. The molecule has 1 aromatic heterocycles. The highest BCUT2D eigenvalue weighted by atomic mass is 79.9. The van der Waals surface area contributed by atoms with Crippen LogP contribution in [0.4, 0.5) is 0 Å². The lowest BCUT2D eigenvalue weighted by molar-refractivity contribution is 0.0793. The Morgan fingerprint density at radius 1 is 1.24 bits per heavy atom. The molecule has 1 aromatic carbocycles. The van der Waals surface area contributed by atoms with Gasteiger partial charge in [-0.2, -0.15) is 0 Å². The van der Waals surface area contributed by atoms with Gasteiger partial charge in [0.15, 0.2) is 0 Å². The second-order valence-electron chi connectivity index (χ2n) is 5.72. The normalized spacial score (nSPS) is 15.0. The number of hydrogen-bond donors (Lipinski definition) is 1. The monoisotopic (exact) mass is 348 g/mol. The molecule has 0 spiro atoms. The minimum Gasteiger partial charge on any atom is -0.361 e. The quantitative estimate of drug-likeness (QED) is 0.640. The molecule has 1 aliphatic heterocycles. The molecule has 0 bridgehead atoms. The number of benzene rings is 1. The first kappa shape index (κ1) is 14.6. The second-order valence-corrected chi connectivity index (χ2v) is 6.51. The van der Waals surface area contributed by atoms with Crippen LogP contribution in [0.25, 0.3) is 10.9 Å². The zero-order valence-corrected chi connectivity index (χ0v) is 13.8. The minimum atomic E-state index is 0.182. The maximum absolute atomic E-state index is 12.5. The zero-order valence-electron chi connectivity index (χ0n) is 12.2. The number of aryl methyl sites for hydroxylation is 1. The third kappa shape index (κ3) is 3.15. The van der Waals surface area contributed by atoms with Crippen LogP contribution in [0.15, 0.2) is 24.4 Å². The van der Waals surface area contributed by atoms with Crippen molar-refractivity contribution in [1.82, 2.24) is 9.88 Å². The number of carbonyl (C=O) groups is 1. The molecule has 1 saturated heterocycles. The van der Waals surface area contributed by atoms with Crippen molar-refractivity contribution in [1.29, 1.82) is 0 Å². The van der Waals surface area contributed by atoms with Gasteiger partial charge in [-0.05, 0) is 55.9 Å². The lowest BCUT2D eigenvalue weighted by Crippen LogP contribution is -2.27. The van der Waals surface area contributed by atoms with Crippen molar-refractivity contribution in [3.8, 4) is 0 Å². The fourth-order valence-corrected chi connectivity index (χ4v) is 3.43. The Morgan fingerprint density at radius 3 is 2.81 bits per heavy atom. The van der Waals surface area contributed by atoms with Crippen LogP contribution in [0.1, 0.15) is 41.6 Å². The molecule has 2 aromatic rings. The summed E-state index contributed by atoms with van der Waals surface area (Å²) in [5, 5.41) is 2.25. The molecule has 4 heteroatoms. The van der Waals surface area contributed by atoms with Crippen LogP contribution < -0.4 is 0 Å². The van der Waals surface area contributed by atoms with Gasteiger partial charge in [-0.1, -0.05) is 15.9 Å². The van der Waals surface area contributed by atoms with E-state index in [-0.39, 0.29) is 5.91 Å². The predicted octanol–water partition coefficient (Wildman–Crippen LogP) is 4.12. The molecule has 1 fully saturated rings. The van der Waals surface area contributed by atoms with E-state index in [9.17, 15) is 4.79 Å². The van der Waals surface area contributed by atoms with Crippen molar-refractivity contribution < 1.29 is 4.79 Å². The smallest absolute Gasteiger partial charge is 0.253 e. The number of alkyl halides is 1. The van der Waals surface area contributed by atoms with E-state index in [1.165, 1.54) is 23.8 Å². The van der Waals surface area contributed by atoms with Crippen molar-refractivity contribution >= 4 is 32.7 Å². The minimum absolute atomic E-state index is 0.182. The number of carbonyl (C=O) groups excluding carboxylic acids is 1. The van der Waals surface area contributed by atoms with Crippen molar-refractivity contribution in [2.24, 2.45) is 0 Å². The number of unbranched alkanes of at least 4 members (excludes halogenated alkanes) is 1. The number of likely N-dealkylation sites (tertiary alicyclic amines) is 1. The molecule has 3 rings (SSSR count). The molecule has 0 unspecified atom stereocenters. The number of nitrogens with zero attached hydrogens (tertiary/aromatic N) is 1. The van der Waals surface area contributed by atoms with Gasteiger partial charge in [0.05, 0.1) is 0 Å². The summed E-state index contributed by atoms with van der Waals surface area (Å²) < 4.78 is 0. The van der Waals surface area contributed by atoms with Gasteiger partial charge in [0.25, 0.3) is 5.91 Å². The van der Waals surface area contributed by atoms with Crippen LogP contribution >= 0.6 is 15.9 Å². The molecule has 0 saturated carbocycles. The first-order valence-electron chi connectivity index (χ1n) is 7.75. The summed E-state index contributed by atoms with van der Waals surface area (Å²) in [5.74, 6) is 0.182. The van der Waals surface area contributed by atoms with Crippen LogP contribution in [-0.4, -0.2) is 34.2 Å². The molecule has 3 nitrogen and oxygen atoms in total. The van der Waals surface area contributed by atoms with Crippen molar-refractivity contribution in [3.63, 3.8) is 0 Å². The highest BCUT2D eigenvalue weighted by Gasteiger charge is 2.20. The summed E-state index contributed by atoms with van der Waals surface area (Å²) in [6.45, 7) is 1.81. The van der Waals surface area contributed by atoms with Crippen LogP contribution in [0.3, 0.4) is 0 Å². The fourth-order valence-electron chi connectivity index (χ4n) is 3.03. The molecule has 112 valence electrons. The van der Waals surface area contributed by atoms with E-state index >= 15 is 0 Å². The van der Waals surface area contributed by atoms with Gasteiger partial charge >= 0.3 is 0 Å². The van der Waals surface area contributed by atoms with Crippen molar-refractivity contribution in [2.75, 3.05) is 18.4 Å². The number of H-pyrrole nitrogens is 1. The standard InChI is InChI=1S/C17H21BrN2O/c18-8-2-1-5-14-12-19-16-7-6-13(11-15(14)16)17(21)20-9-3-4-10-20/h6-7,11-12,19H,1-5,8-10H2. The van der Waals surface area contributed by atoms with Gasteiger partial charge in [0.1, 0.15) is 0 Å². The Morgan fingerprint density at radius 2 is 2.05 bits per heavy atom. The average molecular weight is 349 g/mol. The van der Waals surface area contributed by atoms with E-state index in [1.54, 1.807) is 0 Å². The molecular weight excluding hydrogens is 328 g/mol. The van der Waals surface area contributed by atoms with Gasteiger partial charge in [-0.25, -0.2) is 0 Å². The summed E-state index contributed by atoms with van der Waals surface area (Å²) in [5.41, 5.74) is 3.27. The van der Waals surface area contributed by atoms with Gasteiger partial charge < -0.3 is 9.88 Å². The fraction of sp³-hybridized carbons (Fsp3) is 0.471. The van der Waals surface area contributed by atoms with Gasteiger partial charge in [0, 0.05) is 41.1 Å². The summed E-state index contributed by atoms with van der Waals surface area (Å²) in [6.07, 6.45) is 7.77. The van der Waals surface area contributed by atoms with Gasteiger partial charge in [-0.3, -0.25) is 4.79 Å². The highest BCUT2D eigenvalue weighted by molar-refractivity contribution is 9.09. The molecule has 21 heavy (non-hydrogen) atoms. The van der Waals surface area contributed by atoms with E-state index in [4.69, 9.17) is 0 Å². The van der Waals surface area contributed by atoms with Crippen LogP contribution in [0.2, 0.25) is 0 Å². The molecule has 0 aliphatic carbocycles. The third-order valence-electron chi connectivity index (χ3n) is 4.24. The van der Waals surface area contributed by atoms with Crippen LogP contribution in [-0.2, 0) is 6.42 Å². The maximum atomic E-state index is 12.5. The molecular formula is C17H21BrN2O. The van der Waals surface area contributed by atoms with Gasteiger partial charge in [-0.15, -0.1) is 0 Å². The van der Waals surface area contributed by atoms with Crippen molar-refractivity contribution in [2.45, 2.75) is 32.1 Å². The molecule has 1 amide bonds. The largest absolute Gasteiger partial charge is 0.361 e. The van der Waals surface area contributed by atoms with E-state index in [2.05, 4.69) is 33.2 Å². The third-order valence-corrected chi connectivity index (χ3v) is 4.80. The van der Waals surface area contributed by atoms with E-state index in [0.29, 0.717) is 0 Å². The number of aromatic amines is 1.